The fourth-order valence-corrected chi connectivity index (χ4v) is 3.07. The van der Waals surface area contributed by atoms with E-state index in [0.717, 1.165) is 5.56 Å². The van der Waals surface area contributed by atoms with Crippen molar-refractivity contribution in [3.63, 3.8) is 0 Å². The van der Waals surface area contributed by atoms with E-state index in [1.54, 1.807) is 12.4 Å². The number of imidazole rings is 1. The van der Waals surface area contributed by atoms with Crippen LogP contribution in [0.2, 0.25) is 0 Å². The average molecular weight is 297 g/mol. The number of carbonyl (C=O) groups is 1. The molecule has 1 saturated carbocycles. The van der Waals surface area contributed by atoms with E-state index in [2.05, 4.69) is 22.1 Å². The lowest BCUT2D eigenvalue weighted by Gasteiger charge is -2.38. The molecular weight excluding hydrogens is 278 g/mol. The van der Waals surface area contributed by atoms with Gasteiger partial charge in [-0.2, -0.15) is 0 Å². The molecule has 1 saturated heterocycles. The molecule has 1 aliphatic carbocycles. The molecule has 1 aromatic heterocycles. The van der Waals surface area contributed by atoms with Gasteiger partial charge in [0.25, 0.3) is 5.91 Å². The van der Waals surface area contributed by atoms with E-state index in [4.69, 9.17) is 4.74 Å². The van der Waals surface area contributed by atoms with Gasteiger partial charge in [-0.1, -0.05) is 30.3 Å². The van der Waals surface area contributed by atoms with Gasteiger partial charge in [-0.05, 0) is 24.3 Å². The van der Waals surface area contributed by atoms with Crippen molar-refractivity contribution in [1.29, 1.82) is 0 Å². The van der Waals surface area contributed by atoms with Gasteiger partial charge in [0.1, 0.15) is 6.10 Å². The Balaban J connectivity index is 1.57. The van der Waals surface area contributed by atoms with Gasteiger partial charge in [-0.15, -0.1) is 0 Å². The zero-order valence-corrected chi connectivity index (χ0v) is 12.3. The molecule has 4 rings (SSSR count). The first-order chi connectivity index (χ1) is 10.8. The highest BCUT2D eigenvalue weighted by Gasteiger charge is 2.40. The number of morpholine rings is 1. The normalized spacial score (nSPS) is 25.2. The number of aromatic amines is 1. The largest absolute Gasteiger partial charge is 0.366 e. The van der Waals surface area contributed by atoms with Gasteiger partial charge in [0.05, 0.1) is 12.6 Å². The van der Waals surface area contributed by atoms with Crippen LogP contribution in [0, 0.1) is 5.92 Å². The Morgan fingerprint density at radius 3 is 2.73 bits per heavy atom. The monoisotopic (exact) mass is 297 g/mol. The third-order valence-corrected chi connectivity index (χ3v) is 4.43. The molecule has 22 heavy (non-hydrogen) atoms. The first-order valence-electron chi connectivity index (χ1n) is 7.80. The fraction of sp³-hybridized carbons (Fsp3) is 0.412. The molecule has 1 aliphatic heterocycles. The molecule has 2 aromatic rings. The number of amides is 1. The van der Waals surface area contributed by atoms with E-state index >= 15 is 0 Å². The molecule has 114 valence electrons. The summed E-state index contributed by atoms with van der Waals surface area (Å²) in [4.78, 5) is 21.5. The highest BCUT2D eigenvalue weighted by Crippen LogP contribution is 2.39. The molecule has 0 radical (unpaired) electrons. The van der Waals surface area contributed by atoms with E-state index in [9.17, 15) is 4.79 Å². The van der Waals surface area contributed by atoms with E-state index in [-0.39, 0.29) is 18.1 Å². The standard InChI is InChI=1S/C17H19N3O2/c21-17(16-18-8-9-19-16)20-10-14(12-4-2-1-3-5-12)22-15(11-20)13-6-7-13/h1-5,8-9,13-15H,6-7,10-11H2,(H,18,19)/t14-,15+/m0/s1. The van der Waals surface area contributed by atoms with Crippen molar-refractivity contribution in [2.75, 3.05) is 13.1 Å². The van der Waals surface area contributed by atoms with E-state index < -0.39 is 0 Å². The molecule has 0 bridgehead atoms. The number of carbonyl (C=O) groups excluding carboxylic acids is 1. The number of nitrogens with one attached hydrogen (secondary N) is 1. The summed E-state index contributed by atoms with van der Waals surface area (Å²) in [6, 6.07) is 10.2. The van der Waals surface area contributed by atoms with Gasteiger partial charge in [-0.25, -0.2) is 4.98 Å². The zero-order valence-electron chi connectivity index (χ0n) is 12.3. The van der Waals surface area contributed by atoms with E-state index in [1.807, 2.05) is 23.1 Å². The van der Waals surface area contributed by atoms with Crippen molar-refractivity contribution in [3.05, 3.63) is 54.1 Å². The van der Waals surface area contributed by atoms with Crippen LogP contribution >= 0.6 is 0 Å². The van der Waals surface area contributed by atoms with Gasteiger partial charge < -0.3 is 14.6 Å². The van der Waals surface area contributed by atoms with Crippen molar-refractivity contribution in [3.8, 4) is 0 Å². The first-order valence-corrected chi connectivity index (χ1v) is 7.80. The lowest BCUT2D eigenvalue weighted by molar-refractivity contribution is -0.0865. The molecule has 0 spiro atoms. The lowest BCUT2D eigenvalue weighted by Crippen LogP contribution is -2.48. The average Bonchev–Trinajstić information content (AvgIpc) is 3.29. The zero-order chi connectivity index (χ0) is 14.9. The van der Waals surface area contributed by atoms with Crippen LogP contribution < -0.4 is 0 Å². The van der Waals surface area contributed by atoms with Crippen molar-refractivity contribution in [2.45, 2.75) is 25.0 Å². The summed E-state index contributed by atoms with van der Waals surface area (Å²) >= 11 is 0. The summed E-state index contributed by atoms with van der Waals surface area (Å²) in [7, 11) is 0. The Morgan fingerprint density at radius 2 is 2.05 bits per heavy atom. The summed E-state index contributed by atoms with van der Waals surface area (Å²) in [5, 5.41) is 0. The third kappa shape index (κ3) is 2.64. The molecule has 2 heterocycles. The third-order valence-electron chi connectivity index (χ3n) is 4.43. The number of H-pyrrole nitrogens is 1. The maximum absolute atomic E-state index is 12.6. The van der Waals surface area contributed by atoms with Gasteiger partial charge >= 0.3 is 0 Å². The second-order valence-electron chi connectivity index (χ2n) is 6.06. The predicted molar refractivity (Wildman–Crippen MR) is 81.3 cm³/mol. The molecule has 2 atom stereocenters. The van der Waals surface area contributed by atoms with Crippen molar-refractivity contribution in [2.24, 2.45) is 5.92 Å². The summed E-state index contributed by atoms with van der Waals surface area (Å²) in [5.74, 6) is 0.960. The number of benzene rings is 1. The van der Waals surface area contributed by atoms with Crippen LogP contribution in [0.1, 0.15) is 35.1 Å². The van der Waals surface area contributed by atoms with Crippen LogP contribution in [0.15, 0.2) is 42.7 Å². The molecule has 1 amide bonds. The van der Waals surface area contributed by atoms with Gasteiger partial charge in [0.15, 0.2) is 5.82 Å². The molecule has 2 aliphatic rings. The Kier molecular flexibility index (Phi) is 3.42. The van der Waals surface area contributed by atoms with E-state index in [1.165, 1.54) is 12.8 Å². The molecule has 5 heteroatoms. The molecule has 2 fully saturated rings. The van der Waals surface area contributed by atoms with E-state index in [0.29, 0.717) is 24.8 Å². The smallest absolute Gasteiger partial charge is 0.289 e. The number of aromatic nitrogens is 2. The van der Waals surface area contributed by atoms with Gasteiger partial charge in [0, 0.05) is 18.9 Å². The van der Waals surface area contributed by atoms with Crippen LogP contribution in [-0.2, 0) is 4.74 Å². The first kappa shape index (κ1) is 13.5. The molecule has 5 nitrogen and oxygen atoms in total. The van der Waals surface area contributed by atoms with Crippen molar-refractivity contribution in [1.82, 2.24) is 14.9 Å². The van der Waals surface area contributed by atoms with Gasteiger partial charge in [0.2, 0.25) is 0 Å². The number of rotatable bonds is 3. The molecule has 0 unspecified atom stereocenters. The van der Waals surface area contributed by atoms with Crippen molar-refractivity contribution < 1.29 is 9.53 Å². The molecular formula is C17H19N3O2. The Bertz CT molecular complexity index is 637. The van der Waals surface area contributed by atoms with Crippen LogP contribution in [0.25, 0.3) is 0 Å². The number of nitrogens with zero attached hydrogens (tertiary/aromatic N) is 2. The Hall–Kier alpha value is -2.14. The quantitative estimate of drug-likeness (QED) is 0.946. The summed E-state index contributed by atoms with van der Waals surface area (Å²) < 4.78 is 6.27. The molecule has 1 N–H and O–H groups in total. The minimum Gasteiger partial charge on any atom is -0.366 e. The van der Waals surface area contributed by atoms with Crippen LogP contribution in [0.3, 0.4) is 0 Å². The maximum atomic E-state index is 12.6. The van der Waals surface area contributed by atoms with Crippen LogP contribution in [0.4, 0.5) is 0 Å². The fourth-order valence-electron chi connectivity index (χ4n) is 3.07. The Morgan fingerprint density at radius 1 is 1.23 bits per heavy atom. The summed E-state index contributed by atoms with van der Waals surface area (Å²) in [6.07, 6.45) is 5.78. The lowest BCUT2D eigenvalue weighted by atomic mass is 10.0. The minimum absolute atomic E-state index is 0.0418. The SMILES string of the molecule is O=C(c1ncc[nH]1)N1C[C@@H](c2ccccc2)O[C@@H](C2CC2)C1. The van der Waals surface area contributed by atoms with Crippen LogP contribution in [-0.4, -0.2) is 40.0 Å². The summed E-state index contributed by atoms with van der Waals surface area (Å²) in [5.41, 5.74) is 1.13. The highest BCUT2D eigenvalue weighted by molar-refractivity contribution is 5.90. The minimum atomic E-state index is -0.0561. The van der Waals surface area contributed by atoms with Crippen LogP contribution in [0.5, 0.6) is 0 Å². The predicted octanol–water partition coefficient (Wildman–Crippen LogP) is 2.40. The number of ether oxygens (including phenoxy) is 1. The number of hydrogen-bond donors (Lipinski definition) is 1. The topological polar surface area (TPSA) is 58.2 Å². The summed E-state index contributed by atoms with van der Waals surface area (Å²) in [6.45, 7) is 1.24. The maximum Gasteiger partial charge on any atom is 0.289 e. The number of hydrogen-bond acceptors (Lipinski definition) is 3. The highest BCUT2D eigenvalue weighted by atomic mass is 16.5. The second-order valence-corrected chi connectivity index (χ2v) is 6.06. The van der Waals surface area contributed by atoms with Gasteiger partial charge in [-0.3, -0.25) is 4.79 Å². The Labute approximate surface area is 129 Å². The van der Waals surface area contributed by atoms with Crippen molar-refractivity contribution >= 4 is 5.91 Å². The molecule has 1 aromatic carbocycles. The second kappa shape index (κ2) is 5.57.